The molecule has 4 heteroatoms. The van der Waals surface area contributed by atoms with Crippen molar-refractivity contribution in [2.45, 2.75) is 11.8 Å². The first-order valence-corrected chi connectivity index (χ1v) is 5.82. The van der Waals surface area contributed by atoms with Gasteiger partial charge in [-0.25, -0.2) is 0 Å². The van der Waals surface area contributed by atoms with Crippen molar-refractivity contribution in [3.63, 3.8) is 0 Å². The zero-order chi connectivity index (χ0) is 10.6. The number of phenolic OH excluding ortho intramolecular Hbond substituents is 1. The van der Waals surface area contributed by atoms with Crippen molar-refractivity contribution >= 4 is 33.3 Å². The van der Waals surface area contributed by atoms with Crippen LogP contribution in [0.4, 0.5) is 0 Å². The lowest BCUT2D eigenvalue weighted by molar-refractivity contribution is 0.0986. The molecule has 14 heavy (non-hydrogen) atoms. The summed E-state index contributed by atoms with van der Waals surface area (Å²) >= 11 is 8.75. The summed E-state index contributed by atoms with van der Waals surface area (Å²) in [7, 11) is 0. The molecule has 0 heterocycles. The van der Waals surface area contributed by atoms with Crippen LogP contribution in [-0.2, 0) is 5.33 Å². The van der Waals surface area contributed by atoms with Crippen molar-refractivity contribution in [3.05, 3.63) is 29.3 Å². The minimum atomic E-state index is -0.118. The normalized spacial score (nSPS) is 10.1. The van der Waals surface area contributed by atoms with Crippen molar-refractivity contribution in [2.75, 3.05) is 5.88 Å². The van der Waals surface area contributed by atoms with E-state index in [1.807, 2.05) is 0 Å². The van der Waals surface area contributed by atoms with E-state index >= 15 is 0 Å². The molecule has 0 unspecified atom stereocenters. The van der Waals surface area contributed by atoms with Crippen LogP contribution in [0.1, 0.15) is 22.3 Å². The topological polar surface area (TPSA) is 37.3 Å². The van der Waals surface area contributed by atoms with E-state index in [2.05, 4.69) is 15.9 Å². The van der Waals surface area contributed by atoms with E-state index in [0.29, 0.717) is 10.9 Å². The Morgan fingerprint density at radius 2 is 2.21 bits per heavy atom. The van der Waals surface area contributed by atoms with E-state index in [0.717, 1.165) is 5.56 Å². The van der Waals surface area contributed by atoms with E-state index in [1.54, 1.807) is 12.1 Å². The Morgan fingerprint density at radius 3 is 2.79 bits per heavy atom. The highest BCUT2D eigenvalue weighted by atomic mass is 79.9. The van der Waals surface area contributed by atoms with Crippen molar-refractivity contribution in [2.24, 2.45) is 0 Å². The Hall–Kier alpha value is -0.540. The summed E-state index contributed by atoms with van der Waals surface area (Å²) < 4.78 is 0. The van der Waals surface area contributed by atoms with Gasteiger partial charge in [0.05, 0.1) is 5.56 Å². The third-order valence-corrected chi connectivity index (χ3v) is 2.67. The third kappa shape index (κ3) is 2.49. The van der Waals surface area contributed by atoms with Gasteiger partial charge in [-0.1, -0.05) is 28.1 Å². The Balaban J connectivity index is 3.10. The second-order valence-corrected chi connectivity index (χ2v) is 3.75. The molecule has 0 radical (unpaired) electrons. The predicted molar refractivity (Wildman–Crippen MR) is 60.4 cm³/mol. The van der Waals surface area contributed by atoms with Crippen molar-refractivity contribution < 1.29 is 9.90 Å². The molecule has 0 saturated carbocycles. The molecule has 0 atom stereocenters. The molecular formula is C10H10BrClO2. The van der Waals surface area contributed by atoms with Gasteiger partial charge in [0.15, 0.2) is 5.78 Å². The van der Waals surface area contributed by atoms with Gasteiger partial charge in [-0.3, -0.25) is 4.79 Å². The number of aromatic hydroxyl groups is 1. The van der Waals surface area contributed by atoms with Crippen LogP contribution >= 0.6 is 27.5 Å². The van der Waals surface area contributed by atoms with Crippen LogP contribution in [-0.4, -0.2) is 16.8 Å². The molecule has 0 aliphatic rings. The lowest BCUT2D eigenvalue weighted by atomic mass is 10.0. The molecule has 0 spiro atoms. The molecule has 1 N–H and O–H groups in total. The summed E-state index contributed by atoms with van der Waals surface area (Å²) in [5.74, 6) is 0.180. The SMILES string of the molecule is O=C(CCCl)c1c(O)cccc1CBr. The van der Waals surface area contributed by atoms with Crippen LogP contribution in [0, 0.1) is 0 Å². The van der Waals surface area contributed by atoms with Gasteiger partial charge in [-0.05, 0) is 11.6 Å². The molecule has 0 saturated heterocycles. The number of carbonyl (C=O) groups is 1. The van der Waals surface area contributed by atoms with E-state index in [-0.39, 0.29) is 23.8 Å². The number of rotatable bonds is 4. The number of halogens is 2. The summed E-state index contributed by atoms with van der Waals surface area (Å²) in [6, 6.07) is 5.02. The highest BCUT2D eigenvalue weighted by Gasteiger charge is 2.14. The van der Waals surface area contributed by atoms with Crippen LogP contribution in [0.2, 0.25) is 0 Å². The first-order valence-electron chi connectivity index (χ1n) is 4.16. The zero-order valence-corrected chi connectivity index (χ0v) is 9.81. The third-order valence-electron chi connectivity index (χ3n) is 1.87. The number of carbonyl (C=O) groups excluding carboxylic acids is 1. The quantitative estimate of drug-likeness (QED) is 0.678. The van der Waals surface area contributed by atoms with Gasteiger partial charge < -0.3 is 5.11 Å². The molecule has 0 aliphatic carbocycles. The fourth-order valence-electron chi connectivity index (χ4n) is 1.23. The van der Waals surface area contributed by atoms with Crippen LogP contribution < -0.4 is 0 Å². The molecular weight excluding hydrogens is 267 g/mol. The maximum Gasteiger partial charge on any atom is 0.168 e. The van der Waals surface area contributed by atoms with Gasteiger partial charge in [-0.2, -0.15) is 0 Å². The summed E-state index contributed by atoms with van der Waals surface area (Å²) in [6.07, 6.45) is 0.249. The molecule has 0 aliphatic heterocycles. The van der Waals surface area contributed by atoms with Crippen LogP contribution in [0.15, 0.2) is 18.2 Å². The maximum absolute atomic E-state index is 11.6. The smallest absolute Gasteiger partial charge is 0.168 e. The summed E-state index contributed by atoms with van der Waals surface area (Å²) in [5, 5.41) is 10.1. The van der Waals surface area contributed by atoms with Crippen LogP contribution in [0.25, 0.3) is 0 Å². The second kappa shape index (κ2) is 5.37. The van der Waals surface area contributed by atoms with Crippen LogP contribution in [0.5, 0.6) is 5.75 Å². The van der Waals surface area contributed by atoms with Crippen molar-refractivity contribution in [1.82, 2.24) is 0 Å². The first-order chi connectivity index (χ1) is 6.70. The minimum absolute atomic E-state index is 0.0251. The van der Waals surface area contributed by atoms with Crippen molar-refractivity contribution in [1.29, 1.82) is 0 Å². The summed E-state index contributed by atoms with van der Waals surface area (Å²) in [6.45, 7) is 0. The summed E-state index contributed by atoms with van der Waals surface area (Å²) in [4.78, 5) is 11.6. The Bertz CT molecular complexity index is 339. The highest BCUT2D eigenvalue weighted by Crippen LogP contribution is 2.24. The molecule has 76 valence electrons. The monoisotopic (exact) mass is 276 g/mol. The molecule has 2 nitrogen and oxygen atoms in total. The fraction of sp³-hybridized carbons (Fsp3) is 0.300. The molecule has 0 bridgehead atoms. The van der Waals surface area contributed by atoms with E-state index < -0.39 is 0 Å². The van der Waals surface area contributed by atoms with Gasteiger partial charge in [0.2, 0.25) is 0 Å². The average molecular weight is 278 g/mol. The number of hydrogen-bond acceptors (Lipinski definition) is 2. The Labute approximate surface area is 96.0 Å². The zero-order valence-electron chi connectivity index (χ0n) is 7.46. The molecule has 1 aromatic rings. The van der Waals surface area contributed by atoms with E-state index in [1.165, 1.54) is 6.07 Å². The van der Waals surface area contributed by atoms with Crippen LogP contribution in [0.3, 0.4) is 0 Å². The number of hydrogen-bond donors (Lipinski definition) is 1. The van der Waals surface area contributed by atoms with Gasteiger partial charge in [-0.15, -0.1) is 11.6 Å². The molecule has 1 rings (SSSR count). The number of Topliss-reactive ketones (excluding diaryl/α,β-unsaturated/α-hetero) is 1. The maximum atomic E-state index is 11.6. The lowest BCUT2D eigenvalue weighted by Gasteiger charge is -2.07. The molecule has 0 amide bonds. The van der Waals surface area contributed by atoms with Gasteiger partial charge in [0, 0.05) is 17.6 Å². The fourth-order valence-corrected chi connectivity index (χ4v) is 1.87. The minimum Gasteiger partial charge on any atom is -0.507 e. The highest BCUT2D eigenvalue weighted by molar-refractivity contribution is 9.08. The largest absolute Gasteiger partial charge is 0.507 e. The average Bonchev–Trinajstić information content (AvgIpc) is 2.17. The van der Waals surface area contributed by atoms with E-state index in [9.17, 15) is 9.90 Å². The summed E-state index contributed by atoms with van der Waals surface area (Å²) in [5.41, 5.74) is 1.17. The van der Waals surface area contributed by atoms with E-state index in [4.69, 9.17) is 11.6 Å². The molecule has 1 aromatic carbocycles. The number of phenols is 1. The Kier molecular flexibility index (Phi) is 4.42. The number of alkyl halides is 2. The Morgan fingerprint density at radius 1 is 1.50 bits per heavy atom. The lowest BCUT2D eigenvalue weighted by Crippen LogP contribution is -2.03. The standard InChI is InChI=1S/C10H10BrClO2/c11-6-7-2-1-3-8(13)10(7)9(14)4-5-12/h1-3,13H,4-6H2. The number of benzene rings is 1. The van der Waals surface area contributed by atoms with Gasteiger partial charge in [0.1, 0.15) is 5.75 Å². The number of ketones is 1. The van der Waals surface area contributed by atoms with Crippen molar-refractivity contribution in [3.8, 4) is 5.75 Å². The predicted octanol–water partition coefficient (Wildman–Crippen LogP) is 3.10. The van der Waals surface area contributed by atoms with Gasteiger partial charge in [0.25, 0.3) is 0 Å². The van der Waals surface area contributed by atoms with Gasteiger partial charge >= 0.3 is 0 Å². The first kappa shape index (κ1) is 11.5. The molecule has 0 aromatic heterocycles. The second-order valence-electron chi connectivity index (χ2n) is 2.81. The molecule has 0 fully saturated rings.